The Hall–Kier alpha value is -3.19. The predicted octanol–water partition coefficient (Wildman–Crippen LogP) is 2.41. The SMILES string of the molecule is COc1cccc2oc3c4c(cc(OC)c3c(=O)c12)O[C@H]1OC=C[C@]41O. The molecule has 0 saturated heterocycles. The zero-order chi connectivity index (χ0) is 18.1. The van der Waals surface area contributed by atoms with E-state index < -0.39 is 11.9 Å². The first kappa shape index (κ1) is 15.1. The van der Waals surface area contributed by atoms with Gasteiger partial charge < -0.3 is 28.5 Å². The molecule has 0 amide bonds. The van der Waals surface area contributed by atoms with E-state index in [1.165, 1.54) is 26.6 Å². The summed E-state index contributed by atoms with van der Waals surface area (Å²) in [6.07, 6.45) is 1.91. The molecular weight excluding hydrogens is 340 g/mol. The molecule has 1 N–H and O–H groups in total. The van der Waals surface area contributed by atoms with Crippen LogP contribution in [-0.2, 0) is 10.3 Å². The van der Waals surface area contributed by atoms with Crippen LogP contribution in [-0.4, -0.2) is 25.6 Å². The molecule has 0 bridgehead atoms. The summed E-state index contributed by atoms with van der Waals surface area (Å²) in [6, 6.07) is 6.64. The summed E-state index contributed by atoms with van der Waals surface area (Å²) in [6.45, 7) is 0. The van der Waals surface area contributed by atoms with Gasteiger partial charge >= 0.3 is 0 Å². The van der Waals surface area contributed by atoms with Crippen LogP contribution in [0.1, 0.15) is 5.56 Å². The Morgan fingerprint density at radius 2 is 1.96 bits per heavy atom. The van der Waals surface area contributed by atoms with Gasteiger partial charge in [0.25, 0.3) is 6.29 Å². The quantitative estimate of drug-likeness (QED) is 0.707. The highest BCUT2D eigenvalue weighted by atomic mass is 16.7. The molecular formula is C19H14O7. The first-order valence-electron chi connectivity index (χ1n) is 7.95. The molecule has 1 aromatic heterocycles. The molecule has 132 valence electrons. The summed E-state index contributed by atoms with van der Waals surface area (Å²) in [5, 5.41) is 11.6. The van der Waals surface area contributed by atoms with Gasteiger partial charge in [-0.25, -0.2) is 0 Å². The lowest BCUT2D eigenvalue weighted by atomic mass is 9.93. The molecule has 0 spiro atoms. The Bertz CT molecular complexity index is 1160. The van der Waals surface area contributed by atoms with Crippen molar-refractivity contribution in [1.29, 1.82) is 0 Å². The minimum atomic E-state index is -1.54. The van der Waals surface area contributed by atoms with Crippen LogP contribution in [0.4, 0.5) is 0 Å². The van der Waals surface area contributed by atoms with E-state index in [9.17, 15) is 9.90 Å². The third kappa shape index (κ3) is 1.68. The average molecular weight is 354 g/mol. The zero-order valence-corrected chi connectivity index (χ0v) is 13.9. The highest BCUT2D eigenvalue weighted by molar-refractivity contribution is 5.99. The Morgan fingerprint density at radius 3 is 2.73 bits per heavy atom. The number of ether oxygens (including phenoxy) is 4. The Kier molecular flexibility index (Phi) is 2.86. The van der Waals surface area contributed by atoms with Crippen LogP contribution in [0.5, 0.6) is 17.2 Å². The van der Waals surface area contributed by atoms with Gasteiger partial charge in [0, 0.05) is 6.07 Å². The maximum absolute atomic E-state index is 13.3. The maximum atomic E-state index is 13.3. The summed E-state index contributed by atoms with van der Waals surface area (Å²) < 4.78 is 27.7. The normalized spacial score (nSPS) is 22.8. The molecule has 0 radical (unpaired) electrons. The van der Waals surface area contributed by atoms with E-state index in [2.05, 4.69) is 0 Å². The largest absolute Gasteiger partial charge is 0.496 e. The summed E-state index contributed by atoms with van der Waals surface area (Å²) >= 11 is 0. The first-order chi connectivity index (χ1) is 12.6. The molecule has 0 saturated carbocycles. The van der Waals surface area contributed by atoms with E-state index in [1.807, 2.05) is 0 Å². The fraction of sp³-hybridized carbons (Fsp3) is 0.211. The maximum Gasteiger partial charge on any atom is 0.277 e. The van der Waals surface area contributed by atoms with Gasteiger partial charge in [0.15, 0.2) is 11.2 Å². The minimum Gasteiger partial charge on any atom is -0.496 e. The van der Waals surface area contributed by atoms with Crippen LogP contribution in [0.3, 0.4) is 0 Å². The van der Waals surface area contributed by atoms with E-state index >= 15 is 0 Å². The topological polar surface area (TPSA) is 87.4 Å². The molecule has 3 aromatic rings. The van der Waals surface area contributed by atoms with Crippen LogP contribution in [0.25, 0.3) is 21.9 Å². The van der Waals surface area contributed by atoms with Gasteiger partial charge in [0.2, 0.25) is 5.43 Å². The fourth-order valence-corrected chi connectivity index (χ4v) is 3.62. The summed E-state index contributed by atoms with van der Waals surface area (Å²) in [5.74, 6) is 1.03. The van der Waals surface area contributed by atoms with Crippen molar-refractivity contribution in [1.82, 2.24) is 0 Å². The van der Waals surface area contributed by atoms with Gasteiger partial charge in [0.1, 0.15) is 33.6 Å². The van der Waals surface area contributed by atoms with E-state index in [4.69, 9.17) is 23.4 Å². The van der Waals surface area contributed by atoms with Crippen molar-refractivity contribution in [2.45, 2.75) is 11.9 Å². The second kappa shape index (κ2) is 4.92. The third-order valence-corrected chi connectivity index (χ3v) is 4.82. The van der Waals surface area contributed by atoms with Crippen molar-refractivity contribution >= 4 is 21.9 Å². The Labute approximate surface area is 146 Å². The lowest BCUT2D eigenvalue weighted by Gasteiger charge is -2.18. The standard InChI is InChI=1S/C19H14O7/c1-22-9-4-3-5-10-13(9)16(20)14-11(23-2)8-12-15(17(14)25-10)19(21)6-7-24-18(19)26-12/h3-8,18,21H,1-2H3/t18-,19+/m1/s1. The molecule has 7 heteroatoms. The molecule has 5 rings (SSSR count). The van der Waals surface area contributed by atoms with Crippen LogP contribution >= 0.6 is 0 Å². The molecule has 0 fully saturated rings. The lowest BCUT2D eigenvalue weighted by molar-refractivity contribution is -0.109. The molecule has 2 atom stereocenters. The second-order valence-electron chi connectivity index (χ2n) is 6.13. The van der Waals surface area contributed by atoms with E-state index in [-0.39, 0.29) is 22.1 Å². The molecule has 3 heterocycles. The molecule has 0 aliphatic carbocycles. The smallest absolute Gasteiger partial charge is 0.277 e. The summed E-state index contributed by atoms with van der Waals surface area (Å²) in [4.78, 5) is 13.3. The summed E-state index contributed by atoms with van der Waals surface area (Å²) in [5.41, 5.74) is -0.970. The van der Waals surface area contributed by atoms with Crippen molar-refractivity contribution < 1.29 is 28.5 Å². The van der Waals surface area contributed by atoms with Gasteiger partial charge in [-0.2, -0.15) is 0 Å². The first-order valence-corrected chi connectivity index (χ1v) is 7.95. The van der Waals surface area contributed by atoms with Crippen LogP contribution in [0, 0.1) is 0 Å². The number of fused-ring (bicyclic) bond motifs is 6. The van der Waals surface area contributed by atoms with Crippen LogP contribution in [0.15, 0.2) is 45.8 Å². The van der Waals surface area contributed by atoms with E-state index in [0.29, 0.717) is 28.0 Å². The fourth-order valence-electron chi connectivity index (χ4n) is 3.62. The minimum absolute atomic E-state index is 0.199. The number of methoxy groups -OCH3 is 2. The molecule has 7 nitrogen and oxygen atoms in total. The van der Waals surface area contributed by atoms with Crippen LogP contribution in [0.2, 0.25) is 0 Å². The molecule has 2 aliphatic heterocycles. The highest BCUT2D eigenvalue weighted by Gasteiger charge is 2.53. The molecule has 0 unspecified atom stereocenters. The number of hydrogen-bond donors (Lipinski definition) is 1. The van der Waals surface area contributed by atoms with Crippen LogP contribution < -0.4 is 19.6 Å². The van der Waals surface area contributed by atoms with Gasteiger partial charge in [0.05, 0.1) is 26.0 Å². The zero-order valence-electron chi connectivity index (χ0n) is 13.9. The lowest BCUT2D eigenvalue weighted by Crippen LogP contribution is -2.33. The Balaban J connectivity index is 2.00. The summed E-state index contributed by atoms with van der Waals surface area (Å²) in [7, 11) is 2.94. The molecule has 26 heavy (non-hydrogen) atoms. The van der Waals surface area contributed by atoms with Gasteiger partial charge in [-0.05, 0) is 18.2 Å². The Morgan fingerprint density at radius 1 is 1.15 bits per heavy atom. The number of rotatable bonds is 2. The van der Waals surface area contributed by atoms with Crippen molar-refractivity contribution in [3.8, 4) is 17.2 Å². The monoisotopic (exact) mass is 354 g/mol. The van der Waals surface area contributed by atoms with Crippen molar-refractivity contribution in [3.63, 3.8) is 0 Å². The van der Waals surface area contributed by atoms with Crippen molar-refractivity contribution in [2.75, 3.05) is 14.2 Å². The third-order valence-electron chi connectivity index (χ3n) is 4.82. The number of aliphatic hydroxyl groups is 1. The van der Waals surface area contributed by atoms with Gasteiger partial charge in [-0.1, -0.05) is 6.07 Å². The molecule has 2 aromatic carbocycles. The van der Waals surface area contributed by atoms with Gasteiger partial charge in [-0.3, -0.25) is 4.79 Å². The number of hydrogen-bond acceptors (Lipinski definition) is 7. The second-order valence-corrected chi connectivity index (χ2v) is 6.13. The molecule has 2 aliphatic rings. The predicted molar refractivity (Wildman–Crippen MR) is 91.6 cm³/mol. The highest BCUT2D eigenvalue weighted by Crippen LogP contribution is 2.51. The van der Waals surface area contributed by atoms with E-state index in [0.717, 1.165) is 0 Å². The van der Waals surface area contributed by atoms with Gasteiger partial charge in [-0.15, -0.1) is 0 Å². The van der Waals surface area contributed by atoms with Crippen molar-refractivity contribution in [3.05, 3.63) is 52.4 Å². The van der Waals surface area contributed by atoms with E-state index in [1.54, 1.807) is 24.3 Å². The average Bonchev–Trinajstić information content (AvgIpc) is 3.13. The number of benzene rings is 2. The van der Waals surface area contributed by atoms with Crippen molar-refractivity contribution in [2.24, 2.45) is 0 Å².